The van der Waals surface area contributed by atoms with Crippen molar-refractivity contribution in [3.8, 4) is 5.88 Å². The molecule has 1 aromatic heterocycles. The molecule has 0 aliphatic heterocycles. The van der Waals surface area contributed by atoms with Crippen LogP contribution in [0.5, 0.6) is 5.88 Å². The van der Waals surface area contributed by atoms with E-state index in [1.165, 1.54) is 6.92 Å². The molecule has 0 unspecified atom stereocenters. The predicted molar refractivity (Wildman–Crippen MR) is 65.0 cm³/mol. The smallest absolute Gasteiger partial charge is 0.226 e. The van der Waals surface area contributed by atoms with Crippen molar-refractivity contribution in [1.29, 1.82) is 0 Å². The SMILES string of the molecule is CC(=O)NCCNc1nccc(OC(C)C)n1. The second-order valence-electron chi connectivity index (χ2n) is 3.79. The first kappa shape index (κ1) is 13.2. The lowest BCUT2D eigenvalue weighted by atomic mass is 10.5. The normalized spacial score (nSPS) is 10.1. The van der Waals surface area contributed by atoms with Gasteiger partial charge in [-0.15, -0.1) is 0 Å². The Morgan fingerprint density at radius 3 is 2.88 bits per heavy atom. The Morgan fingerprint density at radius 2 is 2.24 bits per heavy atom. The van der Waals surface area contributed by atoms with E-state index in [4.69, 9.17) is 4.74 Å². The van der Waals surface area contributed by atoms with Crippen LogP contribution in [0, 0.1) is 0 Å². The zero-order valence-electron chi connectivity index (χ0n) is 10.4. The third-order valence-corrected chi connectivity index (χ3v) is 1.77. The Bertz CT molecular complexity index is 368. The number of anilines is 1. The largest absolute Gasteiger partial charge is 0.475 e. The van der Waals surface area contributed by atoms with Crippen molar-refractivity contribution in [2.75, 3.05) is 18.4 Å². The van der Waals surface area contributed by atoms with E-state index in [1.54, 1.807) is 12.3 Å². The topological polar surface area (TPSA) is 76.1 Å². The molecule has 1 heterocycles. The first-order chi connectivity index (χ1) is 8.08. The summed E-state index contributed by atoms with van der Waals surface area (Å²) in [7, 11) is 0. The van der Waals surface area contributed by atoms with E-state index < -0.39 is 0 Å². The Kier molecular flexibility index (Phi) is 5.19. The van der Waals surface area contributed by atoms with Crippen LogP contribution in [-0.2, 0) is 4.79 Å². The van der Waals surface area contributed by atoms with Crippen LogP contribution < -0.4 is 15.4 Å². The van der Waals surface area contributed by atoms with Crippen molar-refractivity contribution in [3.63, 3.8) is 0 Å². The van der Waals surface area contributed by atoms with Crippen LogP contribution in [0.1, 0.15) is 20.8 Å². The van der Waals surface area contributed by atoms with Crippen molar-refractivity contribution in [2.24, 2.45) is 0 Å². The van der Waals surface area contributed by atoms with E-state index in [9.17, 15) is 4.79 Å². The summed E-state index contributed by atoms with van der Waals surface area (Å²) in [5.74, 6) is 0.982. The standard InChI is InChI=1S/C11H18N4O2/c1-8(2)17-10-4-5-13-11(15-10)14-7-6-12-9(3)16/h4-5,8H,6-7H2,1-3H3,(H,12,16)(H,13,14,15). The van der Waals surface area contributed by atoms with Crippen LogP contribution in [-0.4, -0.2) is 35.1 Å². The molecule has 1 rings (SSSR count). The molecule has 6 nitrogen and oxygen atoms in total. The first-order valence-corrected chi connectivity index (χ1v) is 5.56. The van der Waals surface area contributed by atoms with Crippen LogP contribution >= 0.6 is 0 Å². The Labute approximate surface area is 101 Å². The average molecular weight is 238 g/mol. The number of ether oxygens (including phenoxy) is 1. The second-order valence-corrected chi connectivity index (χ2v) is 3.79. The predicted octanol–water partition coefficient (Wildman–Crippen LogP) is 0.812. The summed E-state index contributed by atoms with van der Waals surface area (Å²) < 4.78 is 5.44. The fraction of sp³-hybridized carbons (Fsp3) is 0.545. The highest BCUT2D eigenvalue weighted by Crippen LogP contribution is 2.09. The van der Waals surface area contributed by atoms with Gasteiger partial charge in [-0.1, -0.05) is 0 Å². The summed E-state index contributed by atoms with van der Waals surface area (Å²) >= 11 is 0. The van der Waals surface area contributed by atoms with Gasteiger partial charge in [0.1, 0.15) is 0 Å². The molecule has 0 fully saturated rings. The maximum Gasteiger partial charge on any atom is 0.226 e. The van der Waals surface area contributed by atoms with Gasteiger partial charge in [-0.25, -0.2) is 4.98 Å². The van der Waals surface area contributed by atoms with Crippen molar-refractivity contribution < 1.29 is 9.53 Å². The highest BCUT2D eigenvalue weighted by atomic mass is 16.5. The molecule has 0 saturated carbocycles. The minimum absolute atomic E-state index is 0.0513. The molecule has 17 heavy (non-hydrogen) atoms. The molecule has 0 radical (unpaired) electrons. The quantitative estimate of drug-likeness (QED) is 0.717. The summed E-state index contributed by atoms with van der Waals surface area (Å²) in [5.41, 5.74) is 0. The van der Waals surface area contributed by atoms with E-state index >= 15 is 0 Å². The number of rotatable bonds is 6. The van der Waals surface area contributed by atoms with Crippen LogP contribution in [0.3, 0.4) is 0 Å². The van der Waals surface area contributed by atoms with Gasteiger partial charge in [-0.05, 0) is 13.8 Å². The Balaban J connectivity index is 2.40. The number of aromatic nitrogens is 2. The summed E-state index contributed by atoms with van der Waals surface area (Å²) in [4.78, 5) is 18.9. The molecule has 1 amide bonds. The molecule has 0 aliphatic carbocycles. The van der Waals surface area contributed by atoms with E-state index in [1.807, 2.05) is 13.8 Å². The summed E-state index contributed by atoms with van der Waals surface area (Å²) in [5, 5.41) is 5.67. The lowest BCUT2D eigenvalue weighted by Gasteiger charge is -2.10. The molecule has 2 N–H and O–H groups in total. The fourth-order valence-electron chi connectivity index (χ4n) is 1.15. The minimum atomic E-state index is -0.0513. The molecule has 1 aromatic rings. The maximum absolute atomic E-state index is 10.6. The number of carbonyl (C=O) groups excluding carboxylic acids is 1. The highest BCUT2D eigenvalue weighted by molar-refractivity contribution is 5.72. The zero-order chi connectivity index (χ0) is 12.7. The number of hydrogen-bond donors (Lipinski definition) is 2. The Hall–Kier alpha value is -1.85. The maximum atomic E-state index is 10.6. The minimum Gasteiger partial charge on any atom is -0.475 e. The van der Waals surface area contributed by atoms with E-state index in [0.717, 1.165) is 0 Å². The summed E-state index contributed by atoms with van der Waals surface area (Å²) in [6.45, 7) is 6.46. The van der Waals surface area contributed by atoms with E-state index in [0.29, 0.717) is 24.9 Å². The van der Waals surface area contributed by atoms with Crippen molar-refractivity contribution in [1.82, 2.24) is 15.3 Å². The van der Waals surface area contributed by atoms with Gasteiger partial charge in [0.2, 0.25) is 17.7 Å². The molecular formula is C11H18N4O2. The van der Waals surface area contributed by atoms with E-state index in [-0.39, 0.29) is 12.0 Å². The molecule has 0 aliphatic rings. The number of nitrogens with zero attached hydrogens (tertiary/aromatic N) is 2. The number of amides is 1. The molecule has 0 saturated heterocycles. The van der Waals surface area contributed by atoms with Crippen LogP contribution in [0.4, 0.5) is 5.95 Å². The molecular weight excluding hydrogens is 220 g/mol. The highest BCUT2D eigenvalue weighted by Gasteiger charge is 2.01. The van der Waals surface area contributed by atoms with Gasteiger partial charge < -0.3 is 15.4 Å². The lowest BCUT2D eigenvalue weighted by molar-refractivity contribution is -0.118. The van der Waals surface area contributed by atoms with Crippen molar-refractivity contribution >= 4 is 11.9 Å². The number of hydrogen-bond acceptors (Lipinski definition) is 5. The molecule has 0 spiro atoms. The molecule has 0 aromatic carbocycles. The monoisotopic (exact) mass is 238 g/mol. The first-order valence-electron chi connectivity index (χ1n) is 5.56. The van der Waals surface area contributed by atoms with Gasteiger partial charge in [0, 0.05) is 32.3 Å². The summed E-state index contributed by atoms with van der Waals surface area (Å²) in [6.07, 6.45) is 1.71. The van der Waals surface area contributed by atoms with Gasteiger partial charge in [0.05, 0.1) is 6.10 Å². The average Bonchev–Trinajstić information content (AvgIpc) is 2.24. The van der Waals surface area contributed by atoms with Gasteiger partial charge in [0.15, 0.2) is 0 Å². The fourth-order valence-corrected chi connectivity index (χ4v) is 1.15. The lowest BCUT2D eigenvalue weighted by Crippen LogP contribution is -2.26. The third-order valence-electron chi connectivity index (χ3n) is 1.77. The van der Waals surface area contributed by atoms with Crippen LogP contribution in [0.15, 0.2) is 12.3 Å². The molecule has 0 bridgehead atoms. The van der Waals surface area contributed by atoms with E-state index in [2.05, 4.69) is 20.6 Å². The molecule has 94 valence electrons. The van der Waals surface area contributed by atoms with Crippen LogP contribution in [0.2, 0.25) is 0 Å². The number of carbonyl (C=O) groups is 1. The summed E-state index contributed by atoms with van der Waals surface area (Å²) in [6, 6.07) is 1.71. The number of nitrogens with one attached hydrogen (secondary N) is 2. The van der Waals surface area contributed by atoms with Gasteiger partial charge in [-0.3, -0.25) is 4.79 Å². The van der Waals surface area contributed by atoms with Crippen LogP contribution in [0.25, 0.3) is 0 Å². The third kappa shape index (κ3) is 5.70. The van der Waals surface area contributed by atoms with Gasteiger partial charge in [0.25, 0.3) is 0 Å². The Morgan fingerprint density at radius 1 is 1.47 bits per heavy atom. The van der Waals surface area contributed by atoms with Crippen molar-refractivity contribution in [3.05, 3.63) is 12.3 Å². The van der Waals surface area contributed by atoms with Gasteiger partial charge >= 0.3 is 0 Å². The zero-order valence-corrected chi connectivity index (χ0v) is 10.4. The molecule has 0 atom stereocenters. The van der Waals surface area contributed by atoms with Gasteiger partial charge in [-0.2, -0.15) is 4.98 Å². The second kappa shape index (κ2) is 6.67. The van der Waals surface area contributed by atoms with Crippen molar-refractivity contribution in [2.45, 2.75) is 26.9 Å². The molecule has 6 heteroatoms.